The van der Waals surface area contributed by atoms with E-state index in [1.807, 2.05) is 0 Å². The van der Waals surface area contributed by atoms with Crippen molar-refractivity contribution in [2.45, 2.75) is 57.8 Å². The summed E-state index contributed by atoms with van der Waals surface area (Å²) < 4.78 is 0. The largest absolute Gasteiger partial charge is 0.481 e. The summed E-state index contributed by atoms with van der Waals surface area (Å²) in [5.41, 5.74) is 0. The second-order valence-corrected chi connectivity index (χ2v) is 6.13. The van der Waals surface area contributed by atoms with E-state index >= 15 is 0 Å². The van der Waals surface area contributed by atoms with Crippen LogP contribution in [0.5, 0.6) is 0 Å². The van der Waals surface area contributed by atoms with E-state index in [2.05, 4.69) is 5.32 Å². The van der Waals surface area contributed by atoms with Crippen molar-refractivity contribution in [1.82, 2.24) is 5.32 Å². The van der Waals surface area contributed by atoms with Crippen LogP contribution in [0.1, 0.15) is 57.8 Å². The van der Waals surface area contributed by atoms with Gasteiger partial charge in [-0.3, -0.25) is 9.59 Å². The SMILES string of the molecule is O=C(O)C1CCCC(C(=O)NCCC2CCCC2)C1. The molecular formula is C15H25NO3. The number of rotatable bonds is 5. The number of carbonyl (C=O) groups excluding carboxylic acids is 1. The van der Waals surface area contributed by atoms with Crippen molar-refractivity contribution in [3.05, 3.63) is 0 Å². The van der Waals surface area contributed by atoms with E-state index < -0.39 is 5.97 Å². The lowest BCUT2D eigenvalue weighted by atomic mass is 9.81. The predicted octanol–water partition coefficient (Wildman–Crippen LogP) is 2.57. The molecule has 0 bridgehead atoms. The molecule has 108 valence electrons. The molecule has 2 saturated carbocycles. The quantitative estimate of drug-likeness (QED) is 0.804. The van der Waals surface area contributed by atoms with Gasteiger partial charge in [-0.15, -0.1) is 0 Å². The minimum atomic E-state index is -0.747. The number of carboxylic acid groups (broad SMARTS) is 1. The summed E-state index contributed by atoms with van der Waals surface area (Å²) in [6.07, 6.45) is 9.31. The topological polar surface area (TPSA) is 66.4 Å². The van der Waals surface area contributed by atoms with Gasteiger partial charge in [0.15, 0.2) is 0 Å². The molecule has 0 aliphatic heterocycles. The third-order valence-electron chi connectivity index (χ3n) is 4.72. The van der Waals surface area contributed by atoms with E-state index in [1.165, 1.54) is 25.7 Å². The summed E-state index contributed by atoms with van der Waals surface area (Å²) in [6, 6.07) is 0. The molecule has 0 radical (unpaired) electrons. The molecule has 0 aromatic carbocycles. The Labute approximate surface area is 115 Å². The number of hydrogen-bond donors (Lipinski definition) is 2. The Morgan fingerprint density at radius 2 is 1.68 bits per heavy atom. The van der Waals surface area contributed by atoms with Crippen LogP contribution in [-0.2, 0) is 9.59 Å². The molecule has 2 rings (SSSR count). The van der Waals surface area contributed by atoms with Crippen molar-refractivity contribution in [1.29, 1.82) is 0 Å². The van der Waals surface area contributed by atoms with E-state index in [9.17, 15) is 9.59 Å². The average Bonchev–Trinajstić information content (AvgIpc) is 2.92. The lowest BCUT2D eigenvalue weighted by molar-refractivity contribution is -0.144. The molecule has 2 unspecified atom stereocenters. The number of amides is 1. The number of nitrogens with one attached hydrogen (secondary N) is 1. The van der Waals surface area contributed by atoms with Crippen molar-refractivity contribution in [3.63, 3.8) is 0 Å². The van der Waals surface area contributed by atoms with Crippen molar-refractivity contribution >= 4 is 11.9 Å². The molecule has 4 nitrogen and oxygen atoms in total. The van der Waals surface area contributed by atoms with Crippen molar-refractivity contribution in [3.8, 4) is 0 Å². The molecular weight excluding hydrogens is 242 g/mol. The van der Waals surface area contributed by atoms with Gasteiger partial charge in [0.05, 0.1) is 5.92 Å². The number of hydrogen-bond acceptors (Lipinski definition) is 2. The zero-order valence-electron chi connectivity index (χ0n) is 11.6. The Balaban J connectivity index is 1.68. The molecule has 2 aliphatic rings. The number of aliphatic carboxylic acids is 1. The first-order valence-electron chi connectivity index (χ1n) is 7.67. The summed E-state index contributed by atoms with van der Waals surface area (Å²) >= 11 is 0. The van der Waals surface area contributed by atoms with E-state index in [-0.39, 0.29) is 17.7 Å². The lowest BCUT2D eigenvalue weighted by Gasteiger charge is -2.25. The molecule has 19 heavy (non-hydrogen) atoms. The fourth-order valence-electron chi connectivity index (χ4n) is 3.50. The van der Waals surface area contributed by atoms with Crippen LogP contribution in [0.2, 0.25) is 0 Å². The van der Waals surface area contributed by atoms with Gasteiger partial charge >= 0.3 is 5.97 Å². The molecule has 0 aromatic heterocycles. The fraction of sp³-hybridized carbons (Fsp3) is 0.867. The zero-order valence-corrected chi connectivity index (χ0v) is 11.6. The van der Waals surface area contributed by atoms with E-state index in [1.54, 1.807) is 0 Å². The Morgan fingerprint density at radius 3 is 2.37 bits per heavy atom. The van der Waals surface area contributed by atoms with Gasteiger partial charge < -0.3 is 10.4 Å². The standard InChI is InChI=1S/C15H25NO3/c17-14(16-9-8-11-4-1-2-5-11)12-6-3-7-13(10-12)15(18)19/h11-13H,1-10H2,(H,16,17)(H,18,19). The van der Waals surface area contributed by atoms with Gasteiger partial charge in [-0.1, -0.05) is 32.1 Å². The number of carbonyl (C=O) groups is 2. The predicted molar refractivity (Wildman–Crippen MR) is 72.7 cm³/mol. The monoisotopic (exact) mass is 267 g/mol. The maximum absolute atomic E-state index is 12.0. The highest BCUT2D eigenvalue weighted by Gasteiger charge is 2.30. The first kappa shape index (κ1) is 14.4. The van der Waals surface area contributed by atoms with Gasteiger partial charge in [0.25, 0.3) is 0 Å². The van der Waals surface area contributed by atoms with E-state index in [0.29, 0.717) is 6.42 Å². The van der Waals surface area contributed by atoms with Crippen LogP contribution >= 0.6 is 0 Å². The fourth-order valence-corrected chi connectivity index (χ4v) is 3.50. The summed E-state index contributed by atoms with van der Waals surface area (Å²) in [4.78, 5) is 23.0. The molecule has 0 aromatic rings. The molecule has 2 N–H and O–H groups in total. The smallest absolute Gasteiger partial charge is 0.306 e. The van der Waals surface area contributed by atoms with E-state index in [4.69, 9.17) is 5.11 Å². The summed E-state index contributed by atoms with van der Waals surface area (Å²) in [5.74, 6) is -0.288. The molecule has 2 atom stereocenters. The molecule has 0 spiro atoms. The van der Waals surface area contributed by atoms with Crippen LogP contribution in [0, 0.1) is 17.8 Å². The Morgan fingerprint density at radius 1 is 1.00 bits per heavy atom. The van der Waals surface area contributed by atoms with Crippen molar-refractivity contribution in [2.24, 2.45) is 17.8 Å². The molecule has 2 fully saturated rings. The van der Waals surface area contributed by atoms with Crippen molar-refractivity contribution < 1.29 is 14.7 Å². The molecule has 0 heterocycles. The maximum atomic E-state index is 12.0. The minimum absolute atomic E-state index is 0.0731. The van der Waals surface area contributed by atoms with Crippen LogP contribution in [0.4, 0.5) is 0 Å². The Bertz CT molecular complexity index is 323. The van der Waals surface area contributed by atoms with Crippen LogP contribution in [0.15, 0.2) is 0 Å². The van der Waals surface area contributed by atoms with Gasteiger partial charge in [0.2, 0.25) is 5.91 Å². The highest BCUT2D eigenvalue weighted by molar-refractivity contribution is 5.80. The highest BCUT2D eigenvalue weighted by atomic mass is 16.4. The van der Waals surface area contributed by atoms with Crippen LogP contribution in [0.25, 0.3) is 0 Å². The highest BCUT2D eigenvalue weighted by Crippen LogP contribution is 2.30. The second kappa shape index (κ2) is 6.92. The third-order valence-corrected chi connectivity index (χ3v) is 4.72. The van der Waals surface area contributed by atoms with Gasteiger partial charge in [0.1, 0.15) is 0 Å². The van der Waals surface area contributed by atoms with Gasteiger partial charge in [-0.25, -0.2) is 0 Å². The van der Waals surface area contributed by atoms with Crippen LogP contribution in [0.3, 0.4) is 0 Å². The maximum Gasteiger partial charge on any atom is 0.306 e. The van der Waals surface area contributed by atoms with Gasteiger partial charge in [0, 0.05) is 12.5 Å². The van der Waals surface area contributed by atoms with Gasteiger partial charge in [-0.05, 0) is 31.6 Å². The molecule has 2 aliphatic carbocycles. The first-order valence-corrected chi connectivity index (χ1v) is 7.67. The molecule has 1 amide bonds. The average molecular weight is 267 g/mol. The third kappa shape index (κ3) is 4.22. The molecule has 4 heteroatoms. The second-order valence-electron chi connectivity index (χ2n) is 6.13. The Kier molecular flexibility index (Phi) is 5.23. The minimum Gasteiger partial charge on any atom is -0.481 e. The summed E-state index contributed by atoms with van der Waals surface area (Å²) in [6.45, 7) is 0.762. The van der Waals surface area contributed by atoms with Crippen LogP contribution < -0.4 is 5.32 Å². The normalized spacial score (nSPS) is 28.2. The summed E-state index contributed by atoms with van der Waals surface area (Å²) in [7, 11) is 0. The Hall–Kier alpha value is -1.06. The van der Waals surface area contributed by atoms with Crippen LogP contribution in [-0.4, -0.2) is 23.5 Å². The van der Waals surface area contributed by atoms with Crippen molar-refractivity contribution in [2.75, 3.05) is 6.54 Å². The summed E-state index contributed by atoms with van der Waals surface area (Å²) in [5, 5.41) is 12.0. The van der Waals surface area contributed by atoms with Gasteiger partial charge in [-0.2, -0.15) is 0 Å². The lowest BCUT2D eigenvalue weighted by Crippen LogP contribution is -2.36. The van der Waals surface area contributed by atoms with E-state index in [0.717, 1.165) is 38.1 Å². The number of carboxylic acids is 1. The zero-order chi connectivity index (χ0) is 13.7. The molecule has 0 saturated heterocycles. The first-order chi connectivity index (χ1) is 9.16.